The van der Waals surface area contributed by atoms with Crippen molar-refractivity contribution in [1.82, 2.24) is 15.2 Å². The van der Waals surface area contributed by atoms with Gasteiger partial charge in [0.25, 0.3) is 5.91 Å². The summed E-state index contributed by atoms with van der Waals surface area (Å²) in [6.07, 6.45) is 4.64. The highest BCUT2D eigenvalue weighted by atomic mass is 16.4. The quantitative estimate of drug-likeness (QED) is 0.877. The van der Waals surface area contributed by atoms with Gasteiger partial charge in [-0.1, -0.05) is 13.8 Å². The molecule has 2 rings (SSSR count). The van der Waals surface area contributed by atoms with Crippen LogP contribution in [0.15, 0.2) is 15.4 Å². The topological polar surface area (TPSA) is 78.3 Å². The van der Waals surface area contributed by atoms with Gasteiger partial charge < -0.3 is 14.6 Å². The molecule has 1 aliphatic heterocycles. The van der Waals surface area contributed by atoms with E-state index in [-0.39, 0.29) is 11.7 Å². The van der Waals surface area contributed by atoms with Crippen LogP contribution in [0.3, 0.4) is 0 Å². The van der Waals surface area contributed by atoms with E-state index in [1.165, 1.54) is 19.0 Å². The zero-order chi connectivity index (χ0) is 15.0. The molecular formula is C14H25N3O3. The predicted octanol–water partition coefficient (Wildman–Crippen LogP) is 1.46. The SMILES string of the molecule is CC.CN1CCC(CCNC(=O)c2c[nH]c(=O)o2)CC1. The number of piperidine rings is 1. The van der Waals surface area contributed by atoms with Gasteiger partial charge in [-0.25, -0.2) is 4.79 Å². The molecule has 6 heteroatoms. The van der Waals surface area contributed by atoms with Gasteiger partial charge in [0.2, 0.25) is 5.76 Å². The van der Waals surface area contributed by atoms with E-state index in [1.54, 1.807) is 0 Å². The van der Waals surface area contributed by atoms with Crippen molar-refractivity contribution >= 4 is 5.91 Å². The second-order valence-corrected chi connectivity index (χ2v) is 4.83. The van der Waals surface area contributed by atoms with Crippen LogP contribution in [-0.2, 0) is 0 Å². The Morgan fingerprint density at radius 2 is 2.10 bits per heavy atom. The van der Waals surface area contributed by atoms with Gasteiger partial charge in [-0.2, -0.15) is 0 Å². The molecule has 0 radical (unpaired) electrons. The highest BCUT2D eigenvalue weighted by molar-refractivity contribution is 5.90. The lowest BCUT2D eigenvalue weighted by Gasteiger charge is -2.28. The Balaban J connectivity index is 0.000000956. The van der Waals surface area contributed by atoms with Crippen molar-refractivity contribution in [2.45, 2.75) is 33.1 Å². The molecule has 1 amide bonds. The fourth-order valence-electron chi connectivity index (χ4n) is 2.22. The summed E-state index contributed by atoms with van der Waals surface area (Å²) in [7, 11) is 2.13. The third kappa shape index (κ3) is 5.21. The predicted molar refractivity (Wildman–Crippen MR) is 77.8 cm³/mol. The first-order valence-electron chi connectivity index (χ1n) is 7.30. The van der Waals surface area contributed by atoms with E-state index in [4.69, 9.17) is 0 Å². The van der Waals surface area contributed by atoms with Crippen LogP contribution >= 0.6 is 0 Å². The lowest BCUT2D eigenvalue weighted by Crippen LogP contribution is -2.32. The maximum absolute atomic E-state index is 11.6. The molecule has 0 bridgehead atoms. The number of hydrogen-bond donors (Lipinski definition) is 2. The maximum atomic E-state index is 11.6. The van der Waals surface area contributed by atoms with Crippen molar-refractivity contribution in [3.63, 3.8) is 0 Å². The molecule has 0 unspecified atom stereocenters. The second kappa shape index (κ2) is 8.58. The molecule has 0 saturated carbocycles. The molecule has 1 aromatic heterocycles. The summed E-state index contributed by atoms with van der Waals surface area (Å²) >= 11 is 0. The first kappa shape index (κ1) is 16.5. The standard InChI is InChI=1S/C12H19N3O3.C2H6/c1-15-6-3-9(4-7-15)2-5-13-11(16)10-8-14-12(17)18-10;1-2/h8-9H,2-7H2,1H3,(H,13,16)(H,14,17);1-2H3. The van der Waals surface area contributed by atoms with Gasteiger partial charge in [-0.15, -0.1) is 0 Å². The monoisotopic (exact) mass is 283 g/mol. The molecule has 0 aromatic carbocycles. The second-order valence-electron chi connectivity index (χ2n) is 4.83. The first-order chi connectivity index (χ1) is 9.65. The lowest BCUT2D eigenvalue weighted by atomic mass is 9.94. The number of nitrogens with one attached hydrogen (secondary N) is 2. The molecule has 0 spiro atoms. The summed E-state index contributed by atoms with van der Waals surface area (Å²) < 4.78 is 4.67. The van der Waals surface area contributed by atoms with E-state index < -0.39 is 5.76 Å². The van der Waals surface area contributed by atoms with E-state index in [2.05, 4.69) is 26.7 Å². The van der Waals surface area contributed by atoms with Crippen LogP contribution in [0.2, 0.25) is 0 Å². The Labute approximate surface area is 119 Å². The summed E-state index contributed by atoms with van der Waals surface area (Å²) in [5.41, 5.74) is 0. The number of likely N-dealkylation sites (tertiary alicyclic amines) is 1. The number of hydrogen-bond acceptors (Lipinski definition) is 4. The third-order valence-corrected chi connectivity index (χ3v) is 3.42. The molecule has 20 heavy (non-hydrogen) atoms. The number of H-pyrrole nitrogens is 1. The number of aromatic amines is 1. The minimum absolute atomic E-state index is 0.0448. The van der Waals surface area contributed by atoms with Gasteiger partial charge in [0.05, 0.1) is 6.20 Å². The zero-order valence-electron chi connectivity index (χ0n) is 12.6. The van der Waals surface area contributed by atoms with Crippen LogP contribution < -0.4 is 11.1 Å². The summed E-state index contributed by atoms with van der Waals surface area (Å²) in [6, 6.07) is 0. The normalized spacial score (nSPS) is 16.4. The van der Waals surface area contributed by atoms with E-state index in [0.717, 1.165) is 19.5 Å². The van der Waals surface area contributed by atoms with Crippen LogP contribution in [-0.4, -0.2) is 42.5 Å². The van der Waals surface area contributed by atoms with Crippen molar-refractivity contribution in [3.8, 4) is 0 Å². The fraction of sp³-hybridized carbons (Fsp3) is 0.714. The largest absolute Gasteiger partial charge is 0.416 e. The van der Waals surface area contributed by atoms with Gasteiger partial charge >= 0.3 is 5.76 Å². The number of rotatable bonds is 4. The Morgan fingerprint density at radius 1 is 1.45 bits per heavy atom. The van der Waals surface area contributed by atoms with Crippen LogP contribution in [0.1, 0.15) is 43.7 Å². The minimum atomic E-state index is -0.601. The number of oxazole rings is 1. The van der Waals surface area contributed by atoms with Gasteiger partial charge in [0, 0.05) is 6.54 Å². The van der Waals surface area contributed by atoms with Gasteiger partial charge in [0.15, 0.2) is 0 Å². The number of nitrogens with zero attached hydrogens (tertiary/aromatic N) is 1. The highest BCUT2D eigenvalue weighted by Crippen LogP contribution is 2.18. The average molecular weight is 283 g/mol. The molecule has 1 aliphatic rings. The van der Waals surface area contributed by atoms with Crippen molar-refractivity contribution in [2.75, 3.05) is 26.7 Å². The Hall–Kier alpha value is -1.56. The number of aromatic nitrogens is 1. The summed E-state index contributed by atoms with van der Waals surface area (Å²) in [4.78, 5) is 26.9. The van der Waals surface area contributed by atoms with E-state index in [9.17, 15) is 9.59 Å². The lowest BCUT2D eigenvalue weighted by molar-refractivity contribution is 0.0919. The summed E-state index contributed by atoms with van der Waals surface area (Å²) in [5, 5.41) is 2.77. The molecule has 0 atom stereocenters. The molecule has 1 saturated heterocycles. The first-order valence-corrected chi connectivity index (χ1v) is 7.30. The van der Waals surface area contributed by atoms with Crippen molar-refractivity contribution in [1.29, 1.82) is 0 Å². The zero-order valence-corrected chi connectivity index (χ0v) is 12.6. The summed E-state index contributed by atoms with van der Waals surface area (Å²) in [5.74, 6) is -0.208. The van der Waals surface area contributed by atoms with E-state index >= 15 is 0 Å². The van der Waals surface area contributed by atoms with Crippen LogP contribution in [0, 0.1) is 5.92 Å². The molecule has 2 N–H and O–H groups in total. The fourth-order valence-corrected chi connectivity index (χ4v) is 2.22. The van der Waals surface area contributed by atoms with Crippen LogP contribution in [0.25, 0.3) is 0 Å². The molecule has 114 valence electrons. The molecule has 1 fully saturated rings. The van der Waals surface area contributed by atoms with Gasteiger partial charge in [-0.3, -0.25) is 9.78 Å². The van der Waals surface area contributed by atoms with Crippen LogP contribution in [0.5, 0.6) is 0 Å². The van der Waals surface area contributed by atoms with Crippen molar-refractivity contribution < 1.29 is 9.21 Å². The molecule has 6 nitrogen and oxygen atoms in total. The molecule has 1 aromatic rings. The van der Waals surface area contributed by atoms with Gasteiger partial charge in [0.1, 0.15) is 0 Å². The minimum Gasteiger partial charge on any atom is -0.403 e. The third-order valence-electron chi connectivity index (χ3n) is 3.42. The highest BCUT2D eigenvalue weighted by Gasteiger charge is 2.17. The van der Waals surface area contributed by atoms with Crippen LogP contribution in [0.4, 0.5) is 0 Å². The molecular weight excluding hydrogens is 258 g/mol. The smallest absolute Gasteiger partial charge is 0.403 e. The average Bonchev–Trinajstić information content (AvgIpc) is 2.90. The van der Waals surface area contributed by atoms with Crippen molar-refractivity contribution in [2.24, 2.45) is 5.92 Å². The summed E-state index contributed by atoms with van der Waals surface area (Å²) in [6.45, 7) is 6.89. The Kier molecular flexibility index (Phi) is 7.08. The van der Waals surface area contributed by atoms with Gasteiger partial charge in [-0.05, 0) is 45.3 Å². The Bertz CT molecular complexity index is 445. The molecule has 2 heterocycles. The number of carbonyl (C=O) groups excluding carboxylic acids is 1. The van der Waals surface area contributed by atoms with E-state index in [0.29, 0.717) is 12.5 Å². The maximum Gasteiger partial charge on any atom is 0.416 e. The number of amides is 1. The number of carbonyl (C=O) groups is 1. The molecule has 0 aliphatic carbocycles. The van der Waals surface area contributed by atoms with E-state index in [1.807, 2.05) is 13.8 Å². The van der Waals surface area contributed by atoms with Crippen molar-refractivity contribution in [3.05, 3.63) is 22.5 Å². The Morgan fingerprint density at radius 3 is 2.65 bits per heavy atom.